The van der Waals surface area contributed by atoms with Crippen LogP contribution in [0.2, 0.25) is 0 Å². The molecule has 0 saturated heterocycles. The number of anilines is 1. The number of carbonyl (C=O) groups excluding carboxylic acids is 1. The first-order chi connectivity index (χ1) is 8.31. The Kier molecular flexibility index (Phi) is 2.75. The number of hydrogen-bond acceptors (Lipinski definition) is 2. The lowest BCUT2D eigenvalue weighted by Crippen LogP contribution is -2.28. The van der Waals surface area contributed by atoms with E-state index in [9.17, 15) is 4.79 Å². The molecule has 0 spiro atoms. The molecule has 2 saturated carbocycles. The van der Waals surface area contributed by atoms with Crippen LogP contribution < -0.4 is 10.6 Å². The Morgan fingerprint density at radius 2 is 1.94 bits per heavy atom. The van der Waals surface area contributed by atoms with E-state index in [0.717, 1.165) is 24.1 Å². The third kappa shape index (κ3) is 2.60. The van der Waals surface area contributed by atoms with Crippen LogP contribution in [-0.4, -0.2) is 18.0 Å². The van der Waals surface area contributed by atoms with Gasteiger partial charge >= 0.3 is 0 Å². The molecule has 2 aliphatic rings. The summed E-state index contributed by atoms with van der Waals surface area (Å²) in [6.07, 6.45) is 6.08. The highest BCUT2D eigenvalue weighted by atomic mass is 16.1. The zero-order chi connectivity index (χ0) is 11.7. The van der Waals surface area contributed by atoms with Crippen molar-refractivity contribution < 1.29 is 4.79 Å². The van der Waals surface area contributed by atoms with Crippen molar-refractivity contribution in [2.24, 2.45) is 0 Å². The van der Waals surface area contributed by atoms with Gasteiger partial charge in [0.25, 0.3) is 5.91 Å². The highest BCUT2D eigenvalue weighted by Gasteiger charge is 2.24. The van der Waals surface area contributed by atoms with Gasteiger partial charge in [-0.3, -0.25) is 4.79 Å². The second kappa shape index (κ2) is 4.40. The molecule has 3 rings (SSSR count). The molecule has 0 unspecified atom stereocenters. The van der Waals surface area contributed by atoms with E-state index in [1.165, 1.54) is 19.3 Å². The number of benzene rings is 1. The lowest BCUT2D eigenvalue weighted by Gasteiger charge is -2.27. The van der Waals surface area contributed by atoms with E-state index in [2.05, 4.69) is 10.6 Å². The van der Waals surface area contributed by atoms with Gasteiger partial charge in [0.1, 0.15) is 0 Å². The number of amides is 1. The second-order valence-corrected chi connectivity index (χ2v) is 5.10. The minimum absolute atomic E-state index is 0.0600. The van der Waals surface area contributed by atoms with E-state index in [-0.39, 0.29) is 5.91 Å². The standard InChI is InChI=1S/C14H18N2O/c17-14(16-12-7-8-12)10-3-1-6-13(9-10)15-11-4-2-5-11/h1,3,6,9,11-12,15H,2,4-5,7-8H2,(H,16,17). The second-order valence-electron chi connectivity index (χ2n) is 5.10. The first-order valence-electron chi connectivity index (χ1n) is 6.49. The lowest BCUT2D eigenvalue weighted by molar-refractivity contribution is 0.0951. The molecule has 2 fully saturated rings. The monoisotopic (exact) mass is 230 g/mol. The molecule has 0 aromatic heterocycles. The van der Waals surface area contributed by atoms with Gasteiger partial charge in [0, 0.05) is 23.3 Å². The molecule has 2 aliphatic carbocycles. The van der Waals surface area contributed by atoms with Gasteiger partial charge in [0.05, 0.1) is 0 Å². The Bertz CT molecular complexity index is 422. The van der Waals surface area contributed by atoms with Crippen LogP contribution in [0.15, 0.2) is 24.3 Å². The lowest BCUT2D eigenvalue weighted by atomic mass is 9.93. The fourth-order valence-electron chi connectivity index (χ4n) is 2.03. The largest absolute Gasteiger partial charge is 0.382 e. The maximum Gasteiger partial charge on any atom is 0.251 e. The SMILES string of the molecule is O=C(NC1CC1)c1cccc(NC2CCC2)c1. The smallest absolute Gasteiger partial charge is 0.251 e. The molecule has 17 heavy (non-hydrogen) atoms. The number of hydrogen-bond donors (Lipinski definition) is 2. The summed E-state index contributed by atoms with van der Waals surface area (Å²) in [7, 11) is 0. The van der Waals surface area contributed by atoms with Gasteiger partial charge in [0.15, 0.2) is 0 Å². The Balaban J connectivity index is 1.66. The van der Waals surface area contributed by atoms with E-state index in [4.69, 9.17) is 0 Å². The van der Waals surface area contributed by atoms with Crippen molar-refractivity contribution >= 4 is 11.6 Å². The average molecular weight is 230 g/mol. The zero-order valence-corrected chi connectivity index (χ0v) is 9.91. The Morgan fingerprint density at radius 1 is 1.12 bits per heavy atom. The molecule has 1 aromatic rings. The fourth-order valence-corrected chi connectivity index (χ4v) is 2.03. The number of rotatable bonds is 4. The highest BCUT2D eigenvalue weighted by molar-refractivity contribution is 5.95. The average Bonchev–Trinajstić information content (AvgIpc) is 3.08. The quantitative estimate of drug-likeness (QED) is 0.834. The predicted molar refractivity (Wildman–Crippen MR) is 68.2 cm³/mol. The van der Waals surface area contributed by atoms with E-state index < -0.39 is 0 Å². The summed E-state index contributed by atoms with van der Waals surface area (Å²) >= 11 is 0. The molecule has 3 heteroatoms. The van der Waals surface area contributed by atoms with Crippen molar-refractivity contribution in [1.82, 2.24) is 5.32 Å². The molecule has 0 atom stereocenters. The number of carbonyl (C=O) groups is 1. The summed E-state index contributed by atoms with van der Waals surface area (Å²) in [5.41, 5.74) is 1.83. The molecule has 1 amide bonds. The number of nitrogens with one attached hydrogen (secondary N) is 2. The molecule has 2 N–H and O–H groups in total. The summed E-state index contributed by atoms with van der Waals surface area (Å²) < 4.78 is 0. The maximum atomic E-state index is 11.9. The predicted octanol–water partition coefficient (Wildman–Crippen LogP) is 2.54. The summed E-state index contributed by atoms with van der Waals surface area (Å²) in [4.78, 5) is 11.9. The maximum absolute atomic E-state index is 11.9. The molecule has 1 aromatic carbocycles. The van der Waals surface area contributed by atoms with Crippen LogP contribution in [0.1, 0.15) is 42.5 Å². The van der Waals surface area contributed by atoms with Crippen LogP contribution in [-0.2, 0) is 0 Å². The van der Waals surface area contributed by atoms with Crippen LogP contribution in [0, 0.1) is 0 Å². The summed E-state index contributed by atoms with van der Waals surface area (Å²) in [6, 6.07) is 8.84. The Hall–Kier alpha value is -1.51. The summed E-state index contributed by atoms with van der Waals surface area (Å²) in [5.74, 6) is 0.0600. The van der Waals surface area contributed by atoms with Gasteiger partial charge in [0.2, 0.25) is 0 Å². The van der Waals surface area contributed by atoms with Crippen molar-refractivity contribution in [1.29, 1.82) is 0 Å². The van der Waals surface area contributed by atoms with Crippen LogP contribution in [0.5, 0.6) is 0 Å². The van der Waals surface area contributed by atoms with E-state index >= 15 is 0 Å². The van der Waals surface area contributed by atoms with Crippen LogP contribution in [0.3, 0.4) is 0 Å². The fraction of sp³-hybridized carbons (Fsp3) is 0.500. The van der Waals surface area contributed by atoms with Crippen molar-refractivity contribution in [3.63, 3.8) is 0 Å². The molecule has 0 aliphatic heterocycles. The van der Waals surface area contributed by atoms with Gasteiger partial charge in [-0.1, -0.05) is 6.07 Å². The van der Waals surface area contributed by atoms with E-state index in [1.807, 2.05) is 24.3 Å². The first-order valence-corrected chi connectivity index (χ1v) is 6.49. The Morgan fingerprint density at radius 3 is 2.59 bits per heavy atom. The van der Waals surface area contributed by atoms with Crippen LogP contribution >= 0.6 is 0 Å². The molecule has 0 heterocycles. The molecular formula is C14H18N2O. The molecule has 90 valence electrons. The zero-order valence-electron chi connectivity index (χ0n) is 9.91. The first kappa shape index (κ1) is 10.6. The molecular weight excluding hydrogens is 212 g/mol. The van der Waals surface area contributed by atoms with Crippen molar-refractivity contribution in [2.75, 3.05) is 5.32 Å². The van der Waals surface area contributed by atoms with Gasteiger partial charge in [-0.25, -0.2) is 0 Å². The summed E-state index contributed by atoms with van der Waals surface area (Å²) in [5, 5.41) is 6.47. The van der Waals surface area contributed by atoms with Crippen molar-refractivity contribution in [3.05, 3.63) is 29.8 Å². The Labute approximate surface area is 102 Å². The molecule has 3 nitrogen and oxygen atoms in total. The molecule has 0 bridgehead atoms. The van der Waals surface area contributed by atoms with Crippen molar-refractivity contribution in [2.45, 2.75) is 44.2 Å². The summed E-state index contributed by atoms with van der Waals surface area (Å²) in [6.45, 7) is 0. The third-order valence-electron chi connectivity index (χ3n) is 3.51. The van der Waals surface area contributed by atoms with E-state index in [1.54, 1.807) is 0 Å². The van der Waals surface area contributed by atoms with Gasteiger partial charge in [-0.15, -0.1) is 0 Å². The molecule has 0 radical (unpaired) electrons. The van der Waals surface area contributed by atoms with Gasteiger partial charge < -0.3 is 10.6 Å². The van der Waals surface area contributed by atoms with Crippen LogP contribution in [0.4, 0.5) is 5.69 Å². The van der Waals surface area contributed by atoms with E-state index in [0.29, 0.717) is 12.1 Å². The third-order valence-corrected chi connectivity index (χ3v) is 3.51. The van der Waals surface area contributed by atoms with Crippen molar-refractivity contribution in [3.8, 4) is 0 Å². The minimum atomic E-state index is 0.0600. The normalized spacial score (nSPS) is 19.5. The van der Waals surface area contributed by atoms with Gasteiger partial charge in [-0.2, -0.15) is 0 Å². The highest BCUT2D eigenvalue weighted by Crippen LogP contribution is 2.24. The minimum Gasteiger partial charge on any atom is -0.382 e. The van der Waals surface area contributed by atoms with Crippen LogP contribution in [0.25, 0.3) is 0 Å². The topological polar surface area (TPSA) is 41.1 Å². The van der Waals surface area contributed by atoms with Gasteiger partial charge in [-0.05, 0) is 50.3 Å².